The highest BCUT2D eigenvalue weighted by Crippen LogP contribution is 2.27. The smallest absolute Gasteiger partial charge is 0.118 e. The molecule has 0 saturated carbocycles. The van der Waals surface area contributed by atoms with E-state index in [2.05, 4.69) is 31.1 Å². The van der Waals surface area contributed by atoms with Crippen LogP contribution < -0.4 is 4.74 Å². The zero-order valence-corrected chi connectivity index (χ0v) is 15.4. The highest BCUT2D eigenvalue weighted by molar-refractivity contribution is 7.09. The van der Waals surface area contributed by atoms with Crippen LogP contribution >= 0.6 is 11.3 Å². The Hall–Kier alpha value is -1.43. The van der Waals surface area contributed by atoms with Crippen LogP contribution in [0, 0.1) is 0 Å². The van der Waals surface area contributed by atoms with Gasteiger partial charge in [0.15, 0.2) is 0 Å². The largest absolute Gasteiger partial charge is 0.497 e. The number of thiazole rings is 1. The van der Waals surface area contributed by atoms with Crippen molar-refractivity contribution >= 4 is 11.3 Å². The number of aliphatic hydroxyl groups excluding tert-OH is 1. The van der Waals surface area contributed by atoms with Crippen molar-refractivity contribution in [1.82, 2.24) is 9.88 Å². The van der Waals surface area contributed by atoms with E-state index in [4.69, 9.17) is 9.72 Å². The molecule has 0 radical (unpaired) electrons. The molecule has 1 atom stereocenters. The van der Waals surface area contributed by atoms with Crippen LogP contribution in [0.25, 0.3) is 0 Å². The number of ether oxygens (including phenoxy) is 1. The molecular weight excluding hydrogens is 308 g/mol. The minimum Gasteiger partial charge on any atom is -0.497 e. The number of nitrogens with zero attached hydrogens (tertiary/aromatic N) is 2. The maximum atomic E-state index is 9.80. The summed E-state index contributed by atoms with van der Waals surface area (Å²) in [7, 11) is 3.67. The van der Waals surface area contributed by atoms with Gasteiger partial charge >= 0.3 is 0 Å². The van der Waals surface area contributed by atoms with E-state index in [1.807, 2.05) is 31.3 Å². The normalized spacial score (nSPS) is 13.3. The van der Waals surface area contributed by atoms with Crippen LogP contribution in [0.5, 0.6) is 5.75 Å². The van der Waals surface area contributed by atoms with E-state index in [9.17, 15) is 5.11 Å². The summed E-state index contributed by atoms with van der Waals surface area (Å²) in [6, 6.07) is 7.79. The van der Waals surface area contributed by atoms with Gasteiger partial charge in [-0.1, -0.05) is 32.9 Å². The van der Waals surface area contributed by atoms with Gasteiger partial charge in [-0.2, -0.15) is 0 Å². The fraction of sp³-hybridized carbons (Fsp3) is 0.500. The number of rotatable bonds is 6. The standard InChI is InChI=1S/C18H26N2O2S/c1-18(2,3)16-12-23-17(19-16)10-20(4)15(11-21)13-6-8-14(22-5)9-7-13/h6-9,12,15,21H,10-11H2,1-5H3. The number of hydrogen-bond donors (Lipinski definition) is 1. The molecule has 0 bridgehead atoms. The van der Waals surface area contributed by atoms with Gasteiger partial charge in [0, 0.05) is 10.8 Å². The van der Waals surface area contributed by atoms with Crippen molar-refractivity contribution in [3.63, 3.8) is 0 Å². The average molecular weight is 334 g/mol. The minimum atomic E-state index is -0.0529. The molecule has 0 amide bonds. The molecule has 0 aliphatic heterocycles. The highest BCUT2D eigenvalue weighted by atomic mass is 32.1. The van der Waals surface area contributed by atoms with Gasteiger partial charge in [0.2, 0.25) is 0 Å². The molecule has 0 aliphatic rings. The van der Waals surface area contributed by atoms with Crippen molar-refractivity contribution in [3.8, 4) is 5.75 Å². The molecule has 2 aromatic rings. The molecule has 2 rings (SSSR count). The molecule has 1 unspecified atom stereocenters. The van der Waals surface area contributed by atoms with Gasteiger partial charge in [0.05, 0.1) is 32.0 Å². The third kappa shape index (κ3) is 4.53. The fourth-order valence-electron chi connectivity index (χ4n) is 2.38. The van der Waals surface area contributed by atoms with Crippen LogP contribution in [-0.2, 0) is 12.0 Å². The first-order valence-corrected chi connectivity index (χ1v) is 8.63. The van der Waals surface area contributed by atoms with Gasteiger partial charge < -0.3 is 9.84 Å². The molecule has 4 nitrogen and oxygen atoms in total. The van der Waals surface area contributed by atoms with Crippen molar-refractivity contribution in [2.24, 2.45) is 0 Å². The topological polar surface area (TPSA) is 45.6 Å². The number of likely N-dealkylation sites (N-methyl/N-ethyl adjacent to an activating group) is 1. The summed E-state index contributed by atoms with van der Waals surface area (Å²) in [5.74, 6) is 0.822. The Balaban J connectivity index is 2.10. The van der Waals surface area contributed by atoms with E-state index in [1.165, 1.54) is 0 Å². The number of methoxy groups -OCH3 is 1. The Labute approximate surface area is 142 Å². The van der Waals surface area contributed by atoms with E-state index in [1.54, 1.807) is 18.4 Å². The molecule has 0 fully saturated rings. The van der Waals surface area contributed by atoms with E-state index in [0.29, 0.717) is 0 Å². The maximum absolute atomic E-state index is 9.80. The average Bonchev–Trinajstić information content (AvgIpc) is 2.97. The lowest BCUT2D eigenvalue weighted by Crippen LogP contribution is -2.27. The second-order valence-corrected chi connectivity index (χ2v) is 7.71. The van der Waals surface area contributed by atoms with Gasteiger partial charge in [0.1, 0.15) is 10.8 Å². The first kappa shape index (κ1) is 17.9. The lowest BCUT2D eigenvalue weighted by atomic mass is 9.93. The summed E-state index contributed by atoms with van der Waals surface area (Å²) in [4.78, 5) is 6.87. The van der Waals surface area contributed by atoms with Crippen molar-refractivity contribution in [3.05, 3.63) is 45.9 Å². The number of benzene rings is 1. The van der Waals surface area contributed by atoms with E-state index < -0.39 is 0 Å². The van der Waals surface area contributed by atoms with E-state index in [0.717, 1.165) is 28.6 Å². The summed E-state index contributed by atoms with van der Waals surface area (Å²) in [5.41, 5.74) is 2.26. The van der Waals surface area contributed by atoms with Crippen LogP contribution in [0.1, 0.15) is 43.1 Å². The second kappa shape index (κ2) is 7.43. The molecule has 1 N–H and O–H groups in total. The first-order valence-electron chi connectivity index (χ1n) is 7.75. The zero-order valence-electron chi connectivity index (χ0n) is 14.5. The van der Waals surface area contributed by atoms with Crippen LogP contribution in [-0.4, -0.2) is 35.8 Å². The highest BCUT2D eigenvalue weighted by Gasteiger charge is 2.20. The molecule has 0 saturated heterocycles. The molecule has 1 aromatic heterocycles. The second-order valence-electron chi connectivity index (χ2n) is 6.76. The molecule has 1 heterocycles. The Bertz CT molecular complexity index is 617. The monoisotopic (exact) mass is 334 g/mol. The number of hydrogen-bond acceptors (Lipinski definition) is 5. The van der Waals surface area contributed by atoms with Crippen LogP contribution in [0.2, 0.25) is 0 Å². The first-order chi connectivity index (χ1) is 10.8. The van der Waals surface area contributed by atoms with Crippen molar-refractivity contribution in [1.29, 1.82) is 0 Å². The summed E-state index contributed by atoms with van der Waals surface area (Å²) in [6.45, 7) is 7.30. The quantitative estimate of drug-likeness (QED) is 0.876. The third-order valence-corrected chi connectivity index (χ3v) is 4.74. The Morgan fingerprint density at radius 2 is 1.91 bits per heavy atom. The van der Waals surface area contributed by atoms with E-state index >= 15 is 0 Å². The van der Waals surface area contributed by atoms with Gasteiger partial charge in [-0.15, -0.1) is 11.3 Å². The summed E-state index contributed by atoms with van der Waals surface area (Å²) in [6.07, 6.45) is 0. The Kier molecular flexibility index (Phi) is 5.79. The summed E-state index contributed by atoms with van der Waals surface area (Å²) >= 11 is 1.68. The predicted molar refractivity (Wildman–Crippen MR) is 95.1 cm³/mol. The Morgan fingerprint density at radius 3 is 2.39 bits per heavy atom. The molecule has 23 heavy (non-hydrogen) atoms. The van der Waals surface area contributed by atoms with Crippen LogP contribution in [0.3, 0.4) is 0 Å². The lowest BCUT2D eigenvalue weighted by Gasteiger charge is -2.26. The molecule has 0 spiro atoms. The van der Waals surface area contributed by atoms with Crippen LogP contribution in [0.15, 0.2) is 29.6 Å². The number of aromatic nitrogens is 1. The lowest BCUT2D eigenvalue weighted by molar-refractivity contribution is 0.142. The minimum absolute atomic E-state index is 0.0529. The molecular formula is C18H26N2O2S. The van der Waals surface area contributed by atoms with Crippen molar-refractivity contribution in [2.45, 2.75) is 38.8 Å². The molecule has 126 valence electrons. The summed E-state index contributed by atoms with van der Waals surface area (Å²) in [5, 5.41) is 13.0. The third-order valence-electron chi connectivity index (χ3n) is 3.91. The molecule has 0 aliphatic carbocycles. The fourth-order valence-corrected chi connectivity index (χ4v) is 3.46. The van der Waals surface area contributed by atoms with E-state index in [-0.39, 0.29) is 18.1 Å². The molecule has 5 heteroatoms. The molecule has 1 aromatic carbocycles. The van der Waals surface area contributed by atoms with Gasteiger partial charge in [-0.25, -0.2) is 4.98 Å². The predicted octanol–water partition coefficient (Wildman–Crippen LogP) is 3.61. The van der Waals surface area contributed by atoms with Gasteiger partial charge in [0.25, 0.3) is 0 Å². The maximum Gasteiger partial charge on any atom is 0.118 e. The van der Waals surface area contributed by atoms with Crippen molar-refractivity contribution in [2.75, 3.05) is 20.8 Å². The number of aliphatic hydroxyl groups is 1. The van der Waals surface area contributed by atoms with Crippen LogP contribution in [0.4, 0.5) is 0 Å². The zero-order chi connectivity index (χ0) is 17.0. The SMILES string of the molecule is COc1ccc(C(CO)N(C)Cc2nc(C(C)(C)C)cs2)cc1. The Morgan fingerprint density at radius 1 is 1.26 bits per heavy atom. The van der Waals surface area contributed by atoms with Crippen molar-refractivity contribution < 1.29 is 9.84 Å². The van der Waals surface area contributed by atoms with Gasteiger partial charge in [-0.3, -0.25) is 4.90 Å². The summed E-state index contributed by atoms with van der Waals surface area (Å²) < 4.78 is 5.19. The van der Waals surface area contributed by atoms with Gasteiger partial charge in [-0.05, 0) is 24.7 Å².